The van der Waals surface area contributed by atoms with E-state index in [2.05, 4.69) is 5.32 Å². The van der Waals surface area contributed by atoms with Crippen LogP contribution < -0.4 is 19.7 Å². The van der Waals surface area contributed by atoms with Gasteiger partial charge < -0.3 is 14.8 Å². The summed E-state index contributed by atoms with van der Waals surface area (Å²) in [5.41, 5.74) is 4.89. The summed E-state index contributed by atoms with van der Waals surface area (Å²) in [6.45, 7) is 3.67. The average molecular weight is 488 g/mol. The van der Waals surface area contributed by atoms with Crippen molar-refractivity contribution in [1.29, 1.82) is 0 Å². The average Bonchev–Trinajstić information content (AvgIpc) is 3.02. The molecule has 0 spiro atoms. The number of nitrogens with one attached hydrogen (secondary N) is 1. The van der Waals surface area contributed by atoms with Crippen LogP contribution in [0.25, 0.3) is 0 Å². The number of anilines is 1. The first-order chi connectivity index (χ1) is 17.1. The Bertz CT molecular complexity index is 1280. The van der Waals surface area contributed by atoms with Gasteiger partial charge in [0.15, 0.2) is 0 Å². The summed E-state index contributed by atoms with van der Waals surface area (Å²) in [6.07, 6.45) is 0. The molecule has 178 valence electrons. The predicted molar refractivity (Wildman–Crippen MR) is 139 cm³/mol. The van der Waals surface area contributed by atoms with Crippen molar-refractivity contribution in [2.75, 3.05) is 31.7 Å². The van der Waals surface area contributed by atoms with Gasteiger partial charge in [0.05, 0.1) is 32.0 Å². The van der Waals surface area contributed by atoms with Gasteiger partial charge >= 0.3 is 0 Å². The quantitative estimate of drug-likeness (QED) is 0.520. The van der Waals surface area contributed by atoms with Gasteiger partial charge in [0.1, 0.15) is 17.2 Å². The van der Waals surface area contributed by atoms with Crippen molar-refractivity contribution < 1.29 is 14.3 Å². The second kappa shape index (κ2) is 9.84. The fourth-order valence-electron chi connectivity index (χ4n) is 4.56. The van der Waals surface area contributed by atoms with Crippen LogP contribution >= 0.6 is 11.6 Å². The standard InChI is InChI=1S/C28H26ClN3O3/c1-3-35-23-14-10-21(11-15-23)32-27(19-6-12-22(34-2)13-7-19)24-25(18-4-8-20(29)9-5-18)30-16-17-31-26(24)28(32)33/h4-15,27,31H,3,16-17H2,1-2H3. The molecule has 2 aliphatic rings. The number of rotatable bonds is 6. The lowest BCUT2D eigenvalue weighted by Crippen LogP contribution is -2.33. The highest BCUT2D eigenvalue weighted by Crippen LogP contribution is 2.43. The van der Waals surface area contributed by atoms with Crippen LogP contribution in [0.3, 0.4) is 0 Å². The lowest BCUT2D eigenvalue weighted by atomic mass is 9.91. The minimum absolute atomic E-state index is 0.0893. The third kappa shape index (κ3) is 4.37. The number of carbonyl (C=O) groups is 1. The third-order valence-electron chi connectivity index (χ3n) is 6.15. The first-order valence-corrected chi connectivity index (χ1v) is 12.0. The zero-order valence-electron chi connectivity index (χ0n) is 19.6. The molecule has 0 saturated carbocycles. The summed E-state index contributed by atoms with van der Waals surface area (Å²) in [7, 11) is 1.64. The largest absolute Gasteiger partial charge is 0.497 e. The van der Waals surface area contributed by atoms with E-state index in [9.17, 15) is 4.79 Å². The van der Waals surface area contributed by atoms with Gasteiger partial charge in [0, 0.05) is 28.4 Å². The van der Waals surface area contributed by atoms with Crippen LogP contribution in [-0.2, 0) is 4.79 Å². The fraction of sp³-hybridized carbons (Fsp3) is 0.214. The highest BCUT2D eigenvalue weighted by molar-refractivity contribution is 6.31. The summed E-state index contributed by atoms with van der Waals surface area (Å²) < 4.78 is 11.0. The predicted octanol–water partition coefficient (Wildman–Crippen LogP) is 5.18. The monoisotopic (exact) mass is 487 g/mol. The van der Waals surface area contributed by atoms with E-state index in [1.807, 2.05) is 84.6 Å². The van der Waals surface area contributed by atoms with Crippen molar-refractivity contribution >= 4 is 28.9 Å². The molecule has 35 heavy (non-hydrogen) atoms. The van der Waals surface area contributed by atoms with Crippen LogP contribution in [0, 0.1) is 0 Å². The van der Waals surface area contributed by atoms with E-state index in [0.29, 0.717) is 30.4 Å². The van der Waals surface area contributed by atoms with Gasteiger partial charge in [-0.25, -0.2) is 0 Å². The van der Waals surface area contributed by atoms with Crippen molar-refractivity contribution in [3.63, 3.8) is 0 Å². The molecule has 0 aromatic heterocycles. The van der Waals surface area contributed by atoms with E-state index in [0.717, 1.165) is 39.6 Å². The summed E-state index contributed by atoms with van der Waals surface area (Å²) in [5, 5.41) is 4.01. The van der Waals surface area contributed by atoms with Crippen LogP contribution in [0.15, 0.2) is 89.1 Å². The molecular weight excluding hydrogens is 462 g/mol. The van der Waals surface area contributed by atoms with E-state index in [1.165, 1.54) is 0 Å². The van der Waals surface area contributed by atoms with Gasteiger partial charge in [-0.3, -0.25) is 14.7 Å². The minimum Gasteiger partial charge on any atom is -0.497 e. The van der Waals surface area contributed by atoms with E-state index >= 15 is 0 Å². The highest BCUT2D eigenvalue weighted by Gasteiger charge is 2.44. The smallest absolute Gasteiger partial charge is 0.275 e. The summed E-state index contributed by atoms with van der Waals surface area (Å²) >= 11 is 6.16. The van der Waals surface area contributed by atoms with Crippen molar-refractivity contribution in [1.82, 2.24) is 5.32 Å². The van der Waals surface area contributed by atoms with Crippen LogP contribution in [0.1, 0.15) is 24.1 Å². The first kappa shape index (κ1) is 23.0. The van der Waals surface area contributed by atoms with Gasteiger partial charge in [-0.15, -0.1) is 0 Å². The lowest BCUT2D eigenvalue weighted by molar-refractivity contribution is -0.115. The first-order valence-electron chi connectivity index (χ1n) is 11.6. The number of hydrogen-bond donors (Lipinski definition) is 1. The molecule has 0 fully saturated rings. The Kier molecular flexibility index (Phi) is 6.47. The molecule has 1 unspecified atom stereocenters. The molecule has 1 N–H and O–H groups in total. The zero-order chi connectivity index (χ0) is 24.4. The van der Waals surface area contributed by atoms with E-state index in [4.69, 9.17) is 26.1 Å². The van der Waals surface area contributed by atoms with Gasteiger partial charge in [-0.2, -0.15) is 0 Å². The number of amides is 1. The van der Waals surface area contributed by atoms with Gasteiger partial charge in [0.25, 0.3) is 5.91 Å². The van der Waals surface area contributed by atoms with Gasteiger partial charge in [0.2, 0.25) is 0 Å². The molecule has 1 amide bonds. The van der Waals surface area contributed by atoms with Crippen LogP contribution in [0.2, 0.25) is 5.02 Å². The second-order valence-corrected chi connectivity index (χ2v) is 8.67. The molecule has 3 aromatic rings. The molecule has 7 heteroatoms. The normalized spacial score (nSPS) is 17.5. The molecule has 1 atom stereocenters. The Morgan fingerprint density at radius 3 is 2.34 bits per heavy atom. The molecule has 0 aliphatic carbocycles. The lowest BCUT2D eigenvalue weighted by Gasteiger charge is -2.28. The Morgan fingerprint density at radius 1 is 1.00 bits per heavy atom. The molecule has 0 bridgehead atoms. The number of methoxy groups -OCH3 is 1. The van der Waals surface area contributed by atoms with E-state index in [-0.39, 0.29) is 11.9 Å². The summed E-state index contributed by atoms with van der Waals surface area (Å²) in [5.74, 6) is 1.43. The second-order valence-electron chi connectivity index (χ2n) is 8.23. The topological polar surface area (TPSA) is 63.2 Å². The Morgan fingerprint density at radius 2 is 1.69 bits per heavy atom. The van der Waals surface area contributed by atoms with Crippen LogP contribution in [0.4, 0.5) is 5.69 Å². The number of benzene rings is 3. The van der Waals surface area contributed by atoms with Gasteiger partial charge in [-0.1, -0.05) is 35.9 Å². The molecule has 3 aromatic carbocycles. The van der Waals surface area contributed by atoms with Crippen molar-refractivity contribution in [3.8, 4) is 11.5 Å². The molecule has 2 aliphatic heterocycles. The third-order valence-corrected chi connectivity index (χ3v) is 6.40. The van der Waals surface area contributed by atoms with Gasteiger partial charge in [-0.05, 0) is 61.0 Å². The summed E-state index contributed by atoms with van der Waals surface area (Å²) in [4.78, 5) is 20.6. The van der Waals surface area contributed by atoms with E-state index < -0.39 is 0 Å². The Labute approximate surface area is 209 Å². The molecule has 2 heterocycles. The number of carbonyl (C=O) groups excluding carboxylic acids is 1. The van der Waals surface area contributed by atoms with Crippen molar-refractivity contribution in [2.45, 2.75) is 13.0 Å². The minimum atomic E-state index is -0.374. The maximum Gasteiger partial charge on any atom is 0.275 e. The van der Waals surface area contributed by atoms with E-state index in [1.54, 1.807) is 7.11 Å². The van der Waals surface area contributed by atoms with Crippen molar-refractivity contribution in [2.24, 2.45) is 4.99 Å². The molecule has 6 nitrogen and oxygen atoms in total. The molecule has 0 saturated heterocycles. The fourth-order valence-corrected chi connectivity index (χ4v) is 4.69. The highest BCUT2D eigenvalue weighted by atomic mass is 35.5. The maximum absolute atomic E-state index is 13.9. The number of aliphatic imine (C=N–C) groups is 1. The number of hydrogen-bond acceptors (Lipinski definition) is 5. The van der Waals surface area contributed by atoms with Crippen molar-refractivity contribution in [3.05, 3.63) is 100 Å². The molecule has 5 rings (SSSR count). The molecule has 0 radical (unpaired) electrons. The zero-order valence-corrected chi connectivity index (χ0v) is 20.4. The Balaban J connectivity index is 1.66. The summed E-state index contributed by atoms with van der Waals surface area (Å²) in [6, 6.07) is 22.7. The maximum atomic E-state index is 13.9. The Hall–Kier alpha value is -3.77. The van der Waals surface area contributed by atoms with Crippen LogP contribution in [-0.4, -0.2) is 38.4 Å². The number of halogens is 1. The number of ether oxygens (including phenoxy) is 2. The van der Waals surface area contributed by atoms with Crippen LogP contribution in [0.5, 0.6) is 11.5 Å². The SMILES string of the molecule is CCOc1ccc(N2C(=O)C3=C(C(c4ccc(Cl)cc4)=NCCN3)C2c2ccc(OC)cc2)cc1. The number of nitrogens with zero attached hydrogens (tertiary/aromatic N) is 2. The molecular formula is C28H26ClN3O3.